The number of benzene rings is 2. The number of para-hydroxylation sites is 1. The largest absolute Gasteiger partial charge is 0.489 e. The van der Waals surface area contributed by atoms with Gasteiger partial charge in [-0.3, -0.25) is 0 Å². The number of hydrogen-bond acceptors (Lipinski definition) is 5. The van der Waals surface area contributed by atoms with Gasteiger partial charge in [-0.25, -0.2) is 4.39 Å². The standard InChI is InChI=1S/C17H16FN5O.ClH/c18-10-13(11-19)12-24-16-8-6-14(7-9-16)17-20-22-23(21-17)15-4-2-1-3-5-15;/h1-10H,11-12,19H2;1H/b13-10-;. The summed E-state index contributed by atoms with van der Waals surface area (Å²) in [5, 5.41) is 12.5. The van der Waals surface area contributed by atoms with Crippen LogP contribution < -0.4 is 10.5 Å². The van der Waals surface area contributed by atoms with E-state index in [0.717, 1.165) is 11.3 Å². The molecule has 0 fully saturated rings. The van der Waals surface area contributed by atoms with Gasteiger partial charge in [0, 0.05) is 17.7 Å². The minimum absolute atomic E-state index is 0. The first kappa shape index (κ1) is 18.6. The Morgan fingerprint density at radius 2 is 1.84 bits per heavy atom. The highest BCUT2D eigenvalue weighted by Gasteiger charge is 2.07. The molecule has 6 nitrogen and oxygen atoms in total. The number of aromatic nitrogens is 4. The SMILES string of the molecule is Cl.NC/C(=C/F)COc1ccc(-c2nnn(-c3ccccc3)n2)cc1. The maximum atomic E-state index is 12.4. The molecule has 25 heavy (non-hydrogen) atoms. The van der Waals surface area contributed by atoms with Gasteiger partial charge in [-0.15, -0.1) is 27.4 Å². The van der Waals surface area contributed by atoms with Crippen LogP contribution in [0.4, 0.5) is 4.39 Å². The van der Waals surface area contributed by atoms with Crippen LogP contribution in [-0.4, -0.2) is 33.4 Å². The first-order valence-corrected chi connectivity index (χ1v) is 7.37. The Hall–Kier alpha value is -2.77. The molecule has 0 aliphatic heterocycles. The van der Waals surface area contributed by atoms with Crippen molar-refractivity contribution in [1.82, 2.24) is 20.2 Å². The quantitative estimate of drug-likeness (QED) is 0.730. The second kappa shape index (κ2) is 8.91. The fraction of sp³-hybridized carbons (Fsp3) is 0.118. The summed E-state index contributed by atoms with van der Waals surface area (Å²) in [4.78, 5) is 1.47. The van der Waals surface area contributed by atoms with E-state index in [1.807, 2.05) is 42.5 Å². The lowest BCUT2D eigenvalue weighted by Crippen LogP contribution is -2.10. The van der Waals surface area contributed by atoms with E-state index >= 15 is 0 Å². The van der Waals surface area contributed by atoms with Crippen molar-refractivity contribution >= 4 is 12.4 Å². The molecule has 2 N–H and O–H groups in total. The van der Waals surface area contributed by atoms with Crippen molar-refractivity contribution in [3.63, 3.8) is 0 Å². The summed E-state index contributed by atoms with van der Waals surface area (Å²) in [6, 6.07) is 16.7. The fourth-order valence-corrected chi connectivity index (χ4v) is 2.01. The summed E-state index contributed by atoms with van der Waals surface area (Å²) in [6.07, 6.45) is 0.472. The van der Waals surface area contributed by atoms with Gasteiger partial charge in [0.2, 0.25) is 5.82 Å². The number of nitrogens with zero attached hydrogens (tertiary/aromatic N) is 4. The van der Waals surface area contributed by atoms with Gasteiger partial charge in [-0.05, 0) is 41.6 Å². The van der Waals surface area contributed by atoms with Crippen molar-refractivity contribution in [3.05, 3.63) is 66.5 Å². The fourth-order valence-electron chi connectivity index (χ4n) is 2.01. The third kappa shape index (κ3) is 4.62. The van der Waals surface area contributed by atoms with Crippen LogP contribution in [0.15, 0.2) is 66.5 Å². The van der Waals surface area contributed by atoms with E-state index in [0.29, 0.717) is 23.5 Å². The first-order valence-electron chi connectivity index (χ1n) is 7.37. The average Bonchev–Trinajstić information content (AvgIpc) is 3.14. The van der Waals surface area contributed by atoms with E-state index in [4.69, 9.17) is 10.5 Å². The van der Waals surface area contributed by atoms with Gasteiger partial charge in [0.25, 0.3) is 0 Å². The molecule has 1 heterocycles. The molecule has 0 spiro atoms. The van der Waals surface area contributed by atoms with Crippen LogP contribution in [-0.2, 0) is 0 Å². The average molecular weight is 362 g/mol. The van der Waals surface area contributed by atoms with E-state index < -0.39 is 0 Å². The van der Waals surface area contributed by atoms with Crippen molar-refractivity contribution in [2.45, 2.75) is 0 Å². The Kier molecular flexibility index (Phi) is 6.62. The highest BCUT2D eigenvalue weighted by molar-refractivity contribution is 5.85. The van der Waals surface area contributed by atoms with Crippen LogP contribution >= 0.6 is 12.4 Å². The number of rotatable bonds is 6. The molecule has 2 aromatic carbocycles. The number of nitrogens with two attached hydrogens (primary N) is 1. The predicted molar refractivity (Wildman–Crippen MR) is 95.6 cm³/mol. The van der Waals surface area contributed by atoms with Crippen molar-refractivity contribution in [2.24, 2.45) is 5.73 Å². The Morgan fingerprint density at radius 3 is 2.48 bits per heavy atom. The number of hydrogen-bond donors (Lipinski definition) is 1. The van der Waals surface area contributed by atoms with Gasteiger partial charge in [-0.2, -0.15) is 0 Å². The van der Waals surface area contributed by atoms with Crippen LogP contribution in [0.1, 0.15) is 0 Å². The molecular formula is C17H17ClFN5O. The van der Waals surface area contributed by atoms with Crippen LogP contribution in [0.3, 0.4) is 0 Å². The van der Waals surface area contributed by atoms with Crippen molar-refractivity contribution in [2.75, 3.05) is 13.2 Å². The minimum Gasteiger partial charge on any atom is -0.489 e. The van der Waals surface area contributed by atoms with Crippen molar-refractivity contribution in [1.29, 1.82) is 0 Å². The zero-order valence-electron chi connectivity index (χ0n) is 13.2. The lowest BCUT2D eigenvalue weighted by Gasteiger charge is -2.07. The number of ether oxygens (including phenoxy) is 1. The van der Waals surface area contributed by atoms with Gasteiger partial charge in [0.05, 0.1) is 12.0 Å². The molecule has 130 valence electrons. The zero-order valence-corrected chi connectivity index (χ0v) is 14.1. The van der Waals surface area contributed by atoms with E-state index in [1.54, 1.807) is 12.1 Å². The van der Waals surface area contributed by atoms with Crippen molar-refractivity contribution < 1.29 is 9.13 Å². The molecule has 1 aromatic heterocycles. The minimum atomic E-state index is 0. The molecule has 3 aromatic rings. The Bertz CT molecular complexity index is 821. The van der Waals surface area contributed by atoms with Gasteiger partial charge in [0.15, 0.2) is 0 Å². The van der Waals surface area contributed by atoms with Crippen molar-refractivity contribution in [3.8, 4) is 22.8 Å². The molecule has 0 saturated heterocycles. The molecule has 0 aliphatic carbocycles. The summed E-state index contributed by atoms with van der Waals surface area (Å²) in [5.74, 6) is 1.12. The second-order valence-electron chi connectivity index (χ2n) is 5.02. The van der Waals surface area contributed by atoms with Gasteiger partial charge < -0.3 is 10.5 Å². The smallest absolute Gasteiger partial charge is 0.205 e. The van der Waals surface area contributed by atoms with Crippen LogP contribution in [0.25, 0.3) is 17.1 Å². The molecule has 0 aliphatic rings. The first-order chi connectivity index (χ1) is 11.8. The second-order valence-corrected chi connectivity index (χ2v) is 5.02. The predicted octanol–water partition coefficient (Wildman–Crippen LogP) is 2.94. The molecule has 3 rings (SSSR count). The third-order valence-corrected chi connectivity index (χ3v) is 3.35. The molecule has 0 saturated carbocycles. The monoisotopic (exact) mass is 361 g/mol. The lowest BCUT2D eigenvalue weighted by molar-refractivity contribution is 0.347. The van der Waals surface area contributed by atoms with Crippen LogP contribution in [0, 0.1) is 0 Å². The van der Waals surface area contributed by atoms with Gasteiger partial charge >= 0.3 is 0 Å². The Morgan fingerprint density at radius 1 is 1.12 bits per heavy atom. The topological polar surface area (TPSA) is 78.9 Å². The molecule has 0 radical (unpaired) electrons. The zero-order chi connectivity index (χ0) is 16.8. The number of halogens is 2. The molecule has 0 amide bonds. The third-order valence-electron chi connectivity index (χ3n) is 3.35. The van der Waals surface area contributed by atoms with E-state index in [2.05, 4.69) is 15.4 Å². The molecule has 0 unspecified atom stereocenters. The van der Waals surface area contributed by atoms with E-state index in [9.17, 15) is 4.39 Å². The van der Waals surface area contributed by atoms with Crippen LogP contribution in [0.2, 0.25) is 0 Å². The highest BCUT2D eigenvalue weighted by Crippen LogP contribution is 2.19. The maximum absolute atomic E-state index is 12.4. The lowest BCUT2D eigenvalue weighted by atomic mass is 10.2. The Balaban J connectivity index is 0.00000225. The summed E-state index contributed by atoms with van der Waals surface area (Å²) in [5.41, 5.74) is 7.43. The summed E-state index contributed by atoms with van der Waals surface area (Å²) < 4.78 is 17.9. The number of tetrazole rings is 1. The van der Waals surface area contributed by atoms with Gasteiger partial charge in [0.1, 0.15) is 12.4 Å². The highest BCUT2D eigenvalue weighted by atomic mass is 35.5. The van der Waals surface area contributed by atoms with E-state index in [1.165, 1.54) is 4.80 Å². The maximum Gasteiger partial charge on any atom is 0.205 e. The van der Waals surface area contributed by atoms with E-state index in [-0.39, 0.29) is 25.6 Å². The summed E-state index contributed by atoms with van der Waals surface area (Å²) >= 11 is 0. The molecule has 8 heteroatoms. The molecule has 0 bridgehead atoms. The summed E-state index contributed by atoms with van der Waals surface area (Å²) in [7, 11) is 0. The summed E-state index contributed by atoms with van der Waals surface area (Å²) in [6.45, 7) is 0.246. The molecule has 0 atom stereocenters. The van der Waals surface area contributed by atoms with Crippen LogP contribution in [0.5, 0.6) is 5.75 Å². The molecular weight excluding hydrogens is 345 g/mol. The normalized spacial score (nSPS) is 11.0. The van der Waals surface area contributed by atoms with Gasteiger partial charge in [-0.1, -0.05) is 18.2 Å². The Labute approximate surface area is 150 Å².